The lowest BCUT2D eigenvalue weighted by molar-refractivity contribution is -0.136. The molecule has 4 aliphatic rings. The van der Waals surface area contributed by atoms with Crippen LogP contribution in [0.15, 0.2) is 18.2 Å². The molecule has 1 atom stereocenters. The molecule has 4 saturated heterocycles. The van der Waals surface area contributed by atoms with E-state index in [9.17, 15) is 14.0 Å². The summed E-state index contributed by atoms with van der Waals surface area (Å²) in [6.45, 7) is 6.65. The Morgan fingerprint density at radius 2 is 1.61 bits per heavy atom. The molecule has 5 rings (SSSR count). The van der Waals surface area contributed by atoms with Crippen molar-refractivity contribution in [3.8, 4) is 0 Å². The molecule has 36 heavy (non-hydrogen) atoms. The van der Waals surface area contributed by atoms with Crippen LogP contribution >= 0.6 is 0 Å². The molecule has 0 aromatic heterocycles. The Labute approximate surface area is 214 Å². The van der Waals surface area contributed by atoms with Crippen LogP contribution in [0.3, 0.4) is 0 Å². The summed E-state index contributed by atoms with van der Waals surface area (Å²) in [6, 6.07) is 5.74. The van der Waals surface area contributed by atoms with Gasteiger partial charge in [-0.25, -0.2) is 4.39 Å². The lowest BCUT2D eigenvalue weighted by Crippen LogP contribution is -2.43. The number of anilines is 1. The van der Waals surface area contributed by atoms with E-state index in [0.29, 0.717) is 17.9 Å². The SMILES string of the molecule is CNC(=O)C1CCN(c2cc(F)ccc2C2CCN(C(=O)C3CCN(C4CCOCC4)C3)CC2)CC1. The fourth-order valence-electron chi connectivity index (χ4n) is 6.76. The van der Waals surface area contributed by atoms with Crippen molar-refractivity contribution in [2.45, 2.75) is 56.9 Å². The maximum atomic E-state index is 14.3. The number of carbonyl (C=O) groups excluding carboxylic acids is 2. The van der Waals surface area contributed by atoms with Crippen LogP contribution in [0.2, 0.25) is 0 Å². The van der Waals surface area contributed by atoms with Crippen molar-refractivity contribution in [2.24, 2.45) is 11.8 Å². The van der Waals surface area contributed by atoms with Crippen LogP contribution in [0.25, 0.3) is 0 Å². The summed E-state index contributed by atoms with van der Waals surface area (Å²) in [5.74, 6) is 0.680. The van der Waals surface area contributed by atoms with Crippen molar-refractivity contribution in [1.82, 2.24) is 15.1 Å². The largest absolute Gasteiger partial charge is 0.381 e. The summed E-state index contributed by atoms with van der Waals surface area (Å²) in [5, 5.41) is 2.76. The molecule has 7 nitrogen and oxygen atoms in total. The van der Waals surface area contributed by atoms with Crippen LogP contribution in [-0.2, 0) is 14.3 Å². The molecule has 1 aromatic rings. The van der Waals surface area contributed by atoms with Gasteiger partial charge in [-0.05, 0) is 75.1 Å². The molecular weight excluding hydrogens is 459 g/mol. The second-order valence-electron chi connectivity index (χ2n) is 11.0. The van der Waals surface area contributed by atoms with Gasteiger partial charge in [0.25, 0.3) is 0 Å². The number of hydrogen-bond acceptors (Lipinski definition) is 5. The van der Waals surface area contributed by atoms with Crippen molar-refractivity contribution < 1.29 is 18.7 Å². The average Bonchev–Trinajstić information content (AvgIpc) is 3.43. The number of likely N-dealkylation sites (tertiary alicyclic amines) is 2. The molecule has 198 valence electrons. The Morgan fingerprint density at radius 1 is 0.917 bits per heavy atom. The number of rotatable bonds is 5. The van der Waals surface area contributed by atoms with Crippen molar-refractivity contribution in [3.63, 3.8) is 0 Å². The Hall–Kier alpha value is -2.19. The van der Waals surface area contributed by atoms with E-state index in [1.807, 2.05) is 6.07 Å². The van der Waals surface area contributed by atoms with E-state index in [1.165, 1.54) is 5.56 Å². The van der Waals surface area contributed by atoms with Gasteiger partial charge >= 0.3 is 0 Å². The molecule has 4 heterocycles. The maximum absolute atomic E-state index is 14.3. The molecule has 2 amide bonds. The first-order chi connectivity index (χ1) is 17.5. The van der Waals surface area contributed by atoms with Gasteiger partial charge < -0.3 is 19.9 Å². The monoisotopic (exact) mass is 500 g/mol. The van der Waals surface area contributed by atoms with Crippen molar-refractivity contribution in [2.75, 3.05) is 64.4 Å². The van der Waals surface area contributed by atoms with E-state index in [2.05, 4.69) is 20.0 Å². The number of ether oxygens (including phenoxy) is 1. The van der Waals surface area contributed by atoms with Gasteiger partial charge in [-0.3, -0.25) is 14.5 Å². The molecule has 0 aliphatic carbocycles. The van der Waals surface area contributed by atoms with Gasteiger partial charge in [0.2, 0.25) is 11.8 Å². The second-order valence-corrected chi connectivity index (χ2v) is 11.0. The summed E-state index contributed by atoms with van der Waals surface area (Å²) < 4.78 is 19.8. The summed E-state index contributed by atoms with van der Waals surface area (Å²) in [4.78, 5) is 32.2. The Kier molecular flexibility index (Phi) is 8.11. The van der Waals surface area contributed by atoms with E-state index in [1.54, 1.807) is 19.2 Å². The first-order valence-corrected chi connectivity index (χ1v) is 13.9. The zero-order valence-corrected chi connectivity index (χ0v) is 21.6. The quantitative estimate of drug-likeness (QED) is 0.674. The van der Waals surface area contributed by atoms with Gasteiger partial charge in [0.1, 0.15) is 5.82 Å². The minimum atomic E-state index is -0.217. The third-order valence-corrected chi connectivity index (χ3v) is 8.97. The van der Waals surface area contributed by atoms with Crippen LogP contribution < -0.4 is 10.2 Å². The molecule has 8 heteroatoms. The number of halogens is 1. The second kappa shape index (κ2) is 11.5. The van der Waals surface area contributed by atoms with Crippen molar-refractivity contribution in [1.29, 1.82) is 0 Å². The third kappa shape index (κ3) is 5.54. The van der Waals surface area contributed by atoms with Crippen LogP contribution in [0.1, 0.15) is 56.4 Å². The number of nitrogens with one attached hydrogen (secondary N) is 1. The van der Waals surface area contributed by atoms with E-state index < -0.39 is 0 Å². The topological polar surface area (TPSA) is 65.1 Å². The van der Waals surface area contributed by atoms with Crippen LogP contribution in [-0.4, -0.2) is 87.2 Å². The first kappa shape index (κ1) is 25.5. The zero-order chi connectivity index (χ0) is 25.1. The predicted octanol–water partition coefficient (Wildman–Crippen LogP) is 3.00. The maximum Gasteiger partial charge on any atom is 0.227 e. The molecule has 4 fully saturated rings. The smallest absolute Gasteiger partial charge is 0.227 e. The highest BCUT2D eigenvalue weighted by atomic mass is 19.1. The fourth-order valence-corrected chi connectivity index (χ4v) is 6.76. The van der Waals surface area contributed by atoms with E-state index in [4.69, 9.17) is 4.74 Å². The summed E-state index contributed by atoms with van der Waals surface area (Å²) in [7, 11) is 1.69. The molecular formula is C28H41FN4O3. The number of nitrogens with zero attached hydrogens (tertiary/aromatic N) is 3. The highest BCUT2D eigenvalue weighted by Gasteiger charge is 2.36. The molecule has 1 unspecified atom stereocenters. The number of carbonyl (C=O) groups is 2. The van der Waals surface area contributed by atoms with E-state index in [-0.39, 0.29) is 23.6 Å². The lowest BCUT2D eigenvalue weighted by atomic mass is 9.86. The minimum absolute atomic E-state index is 0.0375. The summed E-state index contributed by atoms with van der Waals surface area (Å²) in [5.41, 5.74) is 2.16. The van der Waals surface area contributed by atoms with Gasteiger partial charge in [0.15, 0.2) is 0 Å². The number of amides is 2. The molecule has 1 aromatic carbocycles. The van der Waals surface area contributed by atoms with Crippen LogP contribution in [0.5, 0.6) is 0 Å². The van der Waals surface area contributed by atoms with Gasteiger partial charge in [-0.1, -0.05) is 6.07 Å². The van der Waals surface area contributed by atoms with E-state index in [0.717, 1.165) is 103 Å². The van der Waals surface area contributed by atoms with Gasteiger partial charge in [-0.15, -0.1) is 0 Å². The van der Waals surface area contributed by atoms with Crippen molar-refractivity contribution in [3.05, 3.63) is 29.6 Å². The van der Waals surface area contributed by atoms with Gasteiger partial charge in [0.05, 0.1) is 5.92 Å². The highest BCUT2D eigenvalue weighted by molar-refractivity contribution is 5.80. The summed E-state index contributed by atoms with van der Waals surface area (Å²) in [6.07, 6.45) is 6.52. The Morgan fingerprint density at radius 3 is 2.31 bits per heavy atom. The molecule has 0 spiro atoms. The van der Waals surface area contributed by atoms with Gasteiger partial charge in [-0.2, -0.15) is 0 Å². The first-order valence-electron chi connectivity index (χ1n) is 13.9. The van der Waals surface area contributed by atoms with Crippen molar-refractivity contribution >= 4 is 17.5 Å². The number of hydrogen-bond donors (Lipinski definition) is 1. The third-order valence-electron chi connectivity index (χ3n) is 8.97. The number of piperidine rings is 2. The summed E-state index contributed by atoms with van der Waals surface area (Å²) >= 11 is 0. The molecule has 0 radical (unpaired) electrons. The molecule has 0 bridgehead atoms. The molecule has 0 saturated carbocycles. The van der Waals surface area contributed by atoms with Crippen LogP contribution in [0, 0.1) is 17.7 Å². The van der Waals surface area contributed by atoms with E-state index >= 15 is 0 Å². The average molecular weight is 501 g/mol. The van der Waals surface area contributed by atoms with Crippen LogP contribution in [0.4, 0.5) is 10.1 Å². The molecule has 1 N–H and O–H groups in total. The normalized spacial score (nSPS) is 25.3. The minimum Gasteiger partial charge on any atom is -0.381 e. The fraction of sp³-hybridized carbons (Fsp3) is 0.714. The highest BCUT2D eigenvalue weighted by Crippen LogP contribution is 2.37. The Bertz CT molecular complexity index is 921. The number of benzene rings is 1. The standard InChI is InChI=1S/C28H41FN4O3/c1-30-27(34)21-6-11-31(12-7-21)26-18-23(29)2-3-25(26)20-4-13-32(14-5-20)28(35)22-8-15-33(19-22)24-9-16-36-17-10-24/h2-3,18,20-22,24H,4-17,19H2,1H3,(H,30,34). The predicted molar refractivity (Wildman–Crippen MR) is 137 cm³/mol. The lowest BCUT2D eigenvalue weighted by Gasteiger charge is -2.38. The zero-order valence-electron chi connectivity index (χ0n) is 21.6. The molecule has 4 aliphatic heterocycles. The van der Waals surface area contributed by atoms with Gasteiger partial charge in [0, 0.05) is 70.6 Å². The Balaban J connectivity index is 1.17.